The molecule has 0 aliphatic rings. The molecule has 2 N–H and O–H groups in total. The second-order valence-electron chi connectivity index (χ2n) is 5.59. The average molecular weight is 358 g/mol. The maximum absolute atomic E-state index is 12.2. The minimum atomic E-state index is -0.775. The van der Waals surface area contributed by atoms with Crippen LogP contribution in [0, 0.1) is 6.92 Å². The van der Waals surface area contributed by atoms with Gasteiger partial charge in [-0.15, -0.1) is 0 Å². The van der Waals surface area contributed by atoms with Crippen LogP contribution in [0.5, 0.6) is 17.2 Å². The summed E-state index contributed by atoms with van der Waals surface area (Å²) in [5.41, 5.74) is 6.10. The first kappa shape index (κ1) is 19.1. The lowest BCUT2D eigenvalue weighted by atomic mass is 10.2. The largest absolute Gasteiger partial charge is 0.493 e. The van der Waals surface area contributed by atoms with Gasteiger partial charge in [-0.3, -0.25) is 20.4 Å². The number of hydrazine groups is 1. The fourth-order valence-corrected chi connectivity index (χ4v) is 2.14. The molecule has 2 rings (SSSR count). The van der Waals surface area contributed by atoms with Crippen LogP contribution >= 0.6 is 0 Å². The standard InChI is InChI=1S/C19H22N2O5/c1-12-5-8-15(9-6-12)26-13(2)18(22)20-21-19(23)14-7-10-16(24-3)17(11-14)25-4/h5-11,13H,1-4H3,(H,20,22)(H,21,23)/t13-/m1/s1. The van der Waals surface area contributed by atoms with Gasteiger partial charge in [-0.2, -0.15) is 0 Å². The molecule has 0 fully saturated rings. The van der Waals surface area contributed by atoms with Crippen LogP contribution in [0.25, 0.3) is 0 Å². The molecular weight excluding hydrogens is 336 g/mol. The van der Waals surface area contributed by atoms with Crippen molar-refractivity contribution in [1.82, 2.24) is 10.9 Å². The summed E-state index contributed by atoms with van der Waals surface area (Å²) in [5.74, 6) is 0.543. The second-order valence-corrected chi connectivity index (χ2v) is 5.59. The zero-order valence-electron chi connectivity index (χ0n) is 15.2. The van der Waals surface area contributed by atoms with Crippen molar-refractivity contribution in [2.24, 2.45) is 0 Å². The molecule has 7 nitrogen and oxygen atoms in total. The van der Waals surface area contributed by atoms with E-state index in [1.807, 2.05) is 19.1 Å². The monoisotopic (exact) mass is 358 g/mol. The van der Waals surface area contributed by atoms with E-state index in [0.717, 1.165) is 5.56 Å². The molecule has 0 aliphatic heterocycles. The van der Waals surface area contributed by atoms with Crippen molar-refractivity contribution in [3.05, 3.63) is 53.6 Å². The maximum atomic E-state index is 12.2. The number of ether oxygens (including phenoxy) is 3. The topological polar surface area (TPSA) is 85.9 Å². The molecule has 26 heavy (non-hydrogen) atoms. The van der Waals surface area contributed by atoms with E-state index in [0.29, 0.717) is 22.8 Å². The molecule has 7 heteroatoms. The van der Waals surface area contributed by atoms with Crippen molar-refractivity contribution in [2.75, 3.05) is 14.2 Å². The van der Waals surface area contributed by atoms with Crippen LogP contribution in [-0.2, 0) is 4.79 Å². The smallest absolute Gasteiger partial charge is 0.279 e. The predicted molar refractivity (Wildman–Crippen MR) is 96.4 cm³/mol. The van der Waals surface area contributed by atoms with Crippen LogP contribution in [0.4, 0.5) is 0 Å². The van der Waals surface area contributed by atoms with Gasteiger partial charge in [-0.25, -0.2) is 0 Å². The number of amides is 2. The molecule has 0 spiro atoms. The van der Waals surface area contributed by atoms with Gasteiger partial charge >= 0.3 is 0 Å². The third-order valence-corrected chi connectivity index (χ3v) is 3.65. The van der Waals surface area contributed by atoms with Crippen LogP contribution in [0.1, 0.15) is 22.8 Å². The molecule has 138 valence electrons. The summed E-state index contributed by atoms with van der Waals surface area (Å²) in [6, 6.07) is 12.0. The number of hydrogen-bond acceptors (Lipinski definition) is 5. The number of carbonyl (C=O) groups is 2. The van der Waals surface area contributed by atoms with E-state index in [4.69, 9.17) is 14.2 Å². The number of methoxy groups -OCH3 is 2. The van der Waals surface area contributed by atoms with E-state index in [2.05, 4.69) is 10.9 Å². The number of rotatable bonds is 6. The fourth-order valence-electron chi connectivity index (χ4n) is 2.14. The van der Waals surface area contributed by atoms with Crippen LogP contribution in [-0.4, -0.2) is 32.1 Å². The van der Waals surface area contributed by atoms with E-state index in [1.165, 1.54) is 20.3 Å². The Bertz CT molecular complexity index is 774. The summed E-state index contributed by atoms with van der Waals surface area (Å²) >= 11 is 0. The number of benzene rings is 2. The maximum Gasteiger partial charge on any atom is 0.279 e. The van der Waals surface area contributed by atoms with Gasteiger partial charge in [-0.05, 0) is 44.2 Å². The van der Waals surface area contributed by atoms with E-state index in [-0.39, 0.29) is 0 Å². The molecule has 0 saturated carbocycles. The van der Waals surface area contributed by atoms with E-state index in [1.54, 1.807) is 31.2 Å². The first-order valence-corrected chi connectivity index (χ1v) is 8.00. The van der Waals surface area contributed by atoms with Gasteiger partial charge in [0.15, 0.2) is 17.6 Å². The lowest BCUT2D eigenvalue weighted by molar-refractivity contribution is -0.128. The number of nitrogens with one attached hydrogen (secondary N) is 2. The van der Waals surface area contributed by atoms with E-state index < -0.39 is 17.9 Å². The second kappa shape index (κ2) is 8.75. The Morgan fingerprint density at radius 1 is 0.923 bits per heavy atom. The quantitative estimate of drug-likeness (QED) is 0.774. The number of hydrogen-bond donors (Lipinski definition) is 2. The van der Waals surface area contributed by atoms with Gasteiger partial charge < -0.3 is 14.2 Å². The van der Waals surface area contributed by atoms with Crippen molar-refractivity contribution in [1.29, 1.82) is 0 Å². The van der Waals surface area contributed by atoms with Gasteiger partial charge in [0.05, 0.1) is 14.2 Å². The number of aryl methyl sites for hydroxylation is 1. The van der Waals surface area contributed by atoms with E-state index in [9.17, 15) is 9.59 Å². The highest BCUT2D eigenvalue weighted by Gasteiger charge is 2.16. The zero-order valence-corrected chi connectivity index (χ0v) is 15.2. The molecule has 0 heterocycles. The number of carbonyl (C=O) groups excluding carboxylic acids is 2. The Morgan fingerprint density at radius 3 is 2.19 bits per heavy atom. The van der Waals surface area contributed by atoms with Crippen molar-refractivity contribution >= 4 is 11.8 Å². The van der Waals surface area contributed by atoms with Gasteiger partial charge in [0, 0.05) is 5.56 Å². The molecule has 0 aliphatic carbocycles. The van der Waals surface area contributed by atoms with Gasteiger partial charge in [0.1, 0.15) is 5.75 Å². The highest BCUT2D eigenvalue weighted by molar-refractivity contribution is 5.96. The third-order valence-electron chi connectivity index (χ3n) is 3.65. The summed E-state index contributed by atoms with van der Waals surface area (Å²) in [7, 11) is 2.98. The predicted octanol–water partition coefficient (Wildman–Crippen LogP) is 2.24. The van der Waals surface area contributed by atoms with Crippen LogP contribution in [0.15, 0.2) is 42.5 Å². The first-order chi connectivity index (χ1) is 12.4. The molecule has 0 radical (unpaired) electrons. The van der Waals surface area contributed by atoms with Crippen molar-refractivity contribution < 1.29 is 23.8 Å². The highest BCUT2D eigenvalue weighted by Crippen LogP contribution is 2.27. The lowest BCUT2D eigenvalue weighted by Gasteiger charge is -2.15. The molecule has 1 atom stereocenters. The van der Waals surface area contributed by atoms with Gasteiger partial charge in [-0.1, -0.05) is 17.7 Å². The molecule has 2 aromatic rings. The SMILES string of the molecule is COc1ccc(C(=O)NNC(=O)[C@@H](C)Oc2ccc(C)cc2)cc1OC. The molecule has 0 unspecified atom stereocenters. The molecule has 0 bridgehead atoms. The Labute approximate surface area is 152 Å². The summed E-state index contributed by atoms with van der Waals surface area (Å²) in [6.07, 6.45) is -0.775. The Balaban J connectivity index is 1.91. The normalized spacial score (nSPS) is 11.2. The fraction of sp³-hybridized carbons (Fsp3) is 0.263. The molecular formula is C19H22N2O5. The van der Waals surface area contributed by atoms with Crippen LogP contribution < -0.4 is 25.1 Å². The van der Waals surface area contributed by atoms with Gasteiger partial charge in [0.25, 0.3) is 11.8 Å². The highest BCUT2D eigenvalue weighted by atomic mass is 16.5. The van der Waals surface area contributed by atoms with Crippen molar-refractivity contribution in [3.8, 4) is 17.2 Å². The van der Waals surface area contributed by atoms with Crippen LogP contribution in [0.2, 0.25) is 0 Å². The molecule has 2 amide bonds. The minimum absolute atomic E-state index is 0.315. The molecule has 0 saturated heterocycles. The Kier molecular flexibility index (Phi) is 6.43. The van der Waals surface area contributed by atoms with Crippen LogP contribution in [0.3, 0.4) is 0 Å². The Morgan fingerprint density at radius 2 is 1.58 bits per heavy atom. The summed E-state index contributed by atoms with van der Waals surface area (Å²) in [5, 5.41) is 0. The summed E-state index contributed by atoms with van der Waals surface area (Å²) in [6.45, 7) is 3.56. The zero-order chi connectivity index (χ0) is 19.1. The Hall–Kier alpha value is -3.22. The average Bonchev–Trinajstić information content (AvgIpc) is 2.66. The molecule has 2 aromatic carbocycles. The first-order valence-electron chi connectivity index (χ1n) is 8.00. The van der Waals surface area contributed by atoms with Crippen molar-refractivity contribution in [3.63, 3.8) is 0 Å². The molecule has 0 aromatic heterocycles. The third kappa shape index (κ3) is 4.89. The van der Waals surface area contributed by atoms with Gasteiger partial charge in [0.2, 0.25) is 0 Å². The van der Waals surface area contributed by atoms with Crippen molar-refractivity contribution in [2.45, 2.75) is 20.0 Å². The summed E-state index contributed by atoms with van der Waals surface area (Å²) in [4.78, 5) is 24.3. The van der Waals surface area contributed by atoms with E-state index >= 15 is 0 Å². The minimum Gasteiger partial charge on any atom is -0.493 e. The summed E-state index contributed by atoms with van der Waals surface area (Å²) < 4.78 is 15.8. The lowest BCUT2D eigenvalue weighted by Crippen LogP contribution is -2.47.